The van der Waals surface area contributed by atoms with Crippen molar-refractivity contribution >= 4 is 11.0 Å². The quantitative estimate of drug-likeness (QED) is 0.643. The van der Waals surface area contributed by atoms with Gasteiger partial charge in [0.25, 0.3) is 0 Å². The number of hydrogen-bond donors (Lipinski definition) is 2. The SMILES string of the molecule is NNC(c1cc2ccccc2o1)C1CN2CCN1CC2. The average molecular weight is 272 g/mol. The summed E-state index contributed by atoms with van der Waals surface area (Å²) >= 11 is 0. The number of nitrogens with one attached hydrogen (secondary N) is 1. The van der Waals surface area contributed by atoms with Crippen LogP contribution < -0.4 is 11.3 Å². The number of fused-ring (bicyclic) bond motifs is 4. The molecule has 2 bridgehead atoms. The largest absolute Gasteiger partial charge is 0.459 e. The number of para-hydroxylation sites is 1. The fourth-order valence-electron chi connectivity index (χ4n) is 3.51. The molecule has 1 aromatic heterocycles. The molecule has 20 heavy (non-hydrogen) atoms. The van der Waals surface area contributed by atoms with E-state index in [1.807, 2.05) is 18.2 Å². The highest BCUT2D eigenvalue weighted by molar-refractivity contribution is 5.77. The van der Waals surface area contributed by atoms with E-state index in [9.17, 15) is 0 Å². The Kier molecular flexibility index (Phi) is 3.00. The molecule has 0 amide bonds. The van der Waals surface area contributed by atoms with E-state index in [1.165, 1.54) is 13.1 Å². The Bertz CT molecular complexity index is 570. The van der Waals surface area contributed by atoms with Crippen molar-refractivity contribution in [2.45, 2.75) is 12.1 Å². The Balaban J connectivity index is 1.67. The smallest absolute Gasteiger partial charge is 0.134 e. The van der Waals surface area contributed by atoms with Crippen molar-refractivity contribution in [1.29, 1.82) is 0 Å². The Hall–Kier alpha value is -1.40. The van der Waals surface area contributed by atoms with Crippen molar-refractivity contribution in [2.24, 2.45) is 5.84 Å². The molecule has 2 aromatic rings. The molecular formula is C15H20N4O. The van der Waals surface area contributed by atoms with E-state index in [0.717, 1.165) is 36.4 Å². The summed E-state index contributed by atoms with van der Waals surface area (Å²) in [5.74, 6) is 6.77. The van der Waals surface area contributed by atoms with E-state index in [-0.39, 0.29) is 6.04 Å². The third-order valence-corrected chi connectivity index (χ3v) is 4.64. The van der Waals surface area contributed by atoms with Gasteiger partial charge in [-0.1, -0.05) is 18.2 Å². The van der Waals surface area contributed by atoms with E-state index in [1.54, 1.807) is 0 Å². The van der Waals surface area contributed by atoms with Crippen molar-refractivity contribution in [3.63, 3.8) is 0 Å². The maximum atomic E-state index is 5.99. The summed E-state index contributed by atoms with van der Waals surface area (Å²) in [6, 6.07) is 10.7. The number of hydrogen-bond acceptors (Lipinski definition) is 5. The number of piperazine rings is 3. The Morgan fingerprint density at radius 3 is 2.65 bits per heavy atom. The Morgan fingerprint density at radius 1 is 1.20 bits per heavy atom. The monoisotopic (exact) mass is 272 g/mol. The third-order valence-electron chi connectivity index (χ3n) is 4.64. The topological polar surface area (TPSA) is 57.7 Å². The van der Waals surface area contributed by atoms with Gasteiger partial charge in [0.1, 0.15) is 11.3 Å². The summed E-state index contributed by atoms with van der Waals surface area (Å²) in [6.07, 6.45) is 0. The summed E-state index contributed by atoms with van der Waals surface area (Å²) in [7, 11) is 0. The number of nitrogens with two attached hydrogens (primary N) is 1. The number of hydrazine groups is 1. The van der Waals surface area contributed by atoms with Crippen LogP contribution in [0.4, 0.5) is 0 Å². The van der Waals surface area contributed by atoms with Gasteiger partial charge >= 0.3 is 0 Å². The summed E-state index contributed by atoms with van der Waals surface area (Å²) in [5.41, 5.74) is 3.90. The Morgan fingerprint density at radius 2 is 2.00 bits per heavy atom. The van der Waals surface area contributed by atoms with E-state index in [4.69, 9.17) is 10.3 Å². The van der Waals surface area contributed by atoms with Gasteiger partial charge in [0.05, 0.1) is 6.04 Å². The van der Waals surface area contributed by atoms with Gasteiger partial charge in [0.15, 0.2) is 0 Å². The zero-order chi connectivity index (χ0) is 13.5. The summed E-state index contributed by atoms with van der Waals surface area (Å²) < 4.78 is 5.99. The first-order valence-corrected chi connectivity index (χ1v) is 7.26. The first-order valence-electron chi connectivity index (χ1n) is 7.26. The van der Waals surface area contributed by atoms with Crippen molar-refractivity contribution in [3.05, 3.63) is 36.1 Å². The molecule has 0 aliphatic carbocycles. The molecule has 3 N–H and O–H groups in total. The van der Waals surface area contributed by atoms with Crippen LogP contribution >= 0.6 is 0 Å². The van der Waals surface area contributed by atoms with Crippen molar-refractivity contribution in [2.75, 3.05) is 32.7 Å². The molecule has 0 saturated carbocycles. The first-order chi connectivity index (χ1) is 9.85. The third kappa shape index (κ3) is 1.94. The summed E-state index contributed by atoms with van der Waals surface area (Å²) in [6.45, 7) is 5.67. The maximum Gasteiger partial charge on any atom is 0.134 e. The second kappa shape index (κ2) is 4.86. The lowest BCUT2D eigenvalue weighted by Crippen LogP contribution is -2.64. The predicted octanol–water partition coefficient (Wildman–Crippen LogP) is 0.937. The van der Waals surface area contributed by atoms with Crippen LogP contribution in [0.2, 0.25) is 0 Å². The zero-order valence-electron chi connectivity index (χ0n) is 11.5. The molecule has 5 nitrogen and oxygen atoms in total. The van der Waals surface area contributed by atoms with Crippen molar-refractivity contribution in [1.82, 2.24) is 15.2 Å². The molecule has 0 radical (unpaired) electrons. The van der Waals surface area contributed by atoms with E-state index >= 15 is 0 Å². The molecule has 5 heteroatoms. The van der Waals surface area contributed by atoms with Crippen LogP contribution in [-0.4, -0.2) is 48.6 Å². The fourth-order valence-corrected chi connectivity index (χ4v) is 3.51. The van der Waals surface area contributed by atoms with E-state index in [2.05, 4.69) is 27.4 Å². The molecule has 0 spiro atoms. The van der Waals surface area contributed by atoms with Crippen LogP contribution in [0.3, 0.4) is 0 Å². The molecule has 3 aliphatic rings. The molecule has 2 unspecified atom stereocenters. The van der Waals surface area contributed by atoms with Gasteiger partial charge in [-0.2, -0.15) is 0 Å². The van der Waals surface area contributed by atoms with Crippen LogP contribution in [0.15, 0.2) is 34.7 Å². The lowest BCUT2D eigenvalue weighted by atomic mass is 9.98. The minimum Gasteiger partial charge on any atom is -0.459 e. The molecule has 2 atom stereocenters. The highest BCUT2D eigenvalue weighted by atomic mass is 16.3. The molecule has 106 valence electrons. The van der Waals surface area contributed by atoms with Crippen molar-refractivity contribution < 1.29 is 4.42 Å². The molecule has 3 aliphatic heterocycles. The van der Waals surface area contributed by atoms with Crippen LogP contribution in [-0.2, 0) is 0 Å². The minimum atomic E-state index is 0.0468. The maximum absolute atomic E-state index is 5.99. The fraction of sp³-hybridized carbons (Fsp3) is 0.467. The summed E-state index contributed by atoms with van der Waals surface area (Å²) in [4.78, 5) is 5.04. The van der Waals surface area contributed by atoms with Gasteiger partial charge < -0.3 is 4.42 Å². The van der Waals surface area contributed by atoms with Crippen LogP contribution in [0.5, 0.6) is 0 Å². The first kappa shape index (κ1) is 12.3. The van der Waals surface area contributed by atoms with Gasteiger partial charge in [-0.15, -0.1) is 0 Å². The zero-order valence-corrected chi connectivity index (χ0v) is 11.5. The van der Waals surface area contributed by atoms with E-state index < -0.39 is 0 Å². The van der Waals surface area contributed by atoms with Crippen LogP contribution in [0, 0.1) is 0 Å². The van der Waals surface area contributed by atoms with Gasteiger partial charge in [-0.3, -0.25) is 15.6 Å². The van der Waals surface area contributed by atoms with E-state index in [0.29, 0.717) is 6.04 Å². The molecular weight excluding hydrogens is 252 g/mol. The molecule has 3 fully saturated rings. The second-order valence-electron chi connectivity index (χ2n) is 5.73. The standard InChI is InChI=1S/C15H20N4O/c16-17-15(12-10-18-5-7-19(12)8-6-18)14-9-11-3-1-2-4-13(11)20-14/h1-4,9,12,15,17H,5-8,10,16H2. The van der Waals surface area contributed by atoms with Crippen LogP contribution in [0.1, 0.15) is 11.8 Å². The normalized spacial score (nSPS) is 30.8. The predicted molar refractivity (Wildman–Crippen MR) is 78.1 cm³/mol. The van der Waals surface area contributed by atoms with Gasteiger partial charge in [-0.05, 0) is 12.1 Å². The number of rotatable bonds is 3. The van der Waals surface area contributed by atoms with Gasteiger partial charge in [-0.25, -0.2) is 5.43 Å². The number of nitrogens with zero attached hydrogens (tertiary/aromatic N) is 2. The van der Waals surface area contributed by atoms with Crippen LogP contribution in [0.25, 0.3) is 11.0 Å². The van der Waals surface area contributed by atoms with Crippen molar-refractivity contribution in [3.8, 4) is 0 Å². The summed E-state index contributed by atoms with van der Waals surface area (Å²) in [5, 5.41) is 1.14. The molecule has 4 heterocycles. The number of benzene rings is 1. The van der Waals surface area contributed by atoms with Gasteiger partial charge in [0.2, 0.25) is 0 Å². The second-order valence-corrected chi connectivity index (χ2v) is 5.73. The number of furan rings is 1. The molecule has 5 rings (SSSR count). The lowest BCUT2D eigenvalue weighted by molar-refractivity contribution is -0.00667. The molecule has 3 saturated heterocycles. The Labute approximate surface area is 118 Å². The lowest BCUT2D eigenvalue weighted by Gasteiger charge is -2.49. The average Bonchev–Trinajstić information content (AvgIpc) is 2.93. The highest BCUT2D eigenvalue weighted by Crippen LogP contribution is 2.30. The minimum absolute atomic E-state index is 0.0468. The molecule has 1 aromatic carbocycles. The van der Waals surface area contributed by atoms with Gasteiger partial charge in [0, 0.05) is 44.2 Å². The highest BCUT2D eigenvalue weighted by Gasteiger charge is 2.38.